The molecular weight excluding hydrogens is 276 g/mol. The predicted molar refractivity (Wildman–Crippen MR) is 75.1 cm³/mol. The Morgan fingerprint density at radius 3 is 2.76 bits per heavy atom. The molecule has 2 aliphatic heterocycles. The van der Waals surface area contributed by atoms with Gasteiger partial charge < -0.3 is 24.8 Å². The van der Waals surface area contributed by atoms with Crippen molar-refractivity contribution in [2.75, 3.05) is 26.4 Å². The number of urea groups is 1. The molecule has 7 nitrogen and oxygen atoms in total. The zero-order valence-electron chi connectivity index (χ0n) is 12.8. The first kappa shape index (κ1) is 16.0. The molecule has 0 saturated carbocycles. The Labute approximate surface area is 124 Å². The number of nitrogens with zero attached hydrogens (tertiary/aromatic N) is 1. The van der Waals surface area contributed by atoms with Crippen LogP contribution in [0.5, 0.6) is 0 Å². The number of morpholine rings is 1. The molecule has 2 heterocycles. The molecule has 7 heteroatoms. The maximum Gasteiger partial charge on any atom is 0.318 e. The van der Waals surface area contributed by atoms with Crippen LogP contribution in [0.3, 0.4) is 0 Å². The fourth-order valence-corrected chi connectivity index (χ4v) is 2.75. The van der Waals surface area contributed by atoms with Crippen molar-refractivity contribution in [2.24, 2.45) is 5.41 Å². The van der Waals surface area contributed by atoms with Crippen molar-refractivity contribution in [3.05, 3.63) is 0 Å². The van der Waals surface area contributed by atoms with E-state index in [1.807, 2.05) is 13.8 Å². The summed E-state index contributed by atoms with van der Waals surface area (Å²) in [7, 11) is 0. The molecule has 2 N–H and O–H groups in total. The van der Waals surface area contributed by atoms with E-state index in [0.717, 1.165) is 6.42 Å². The largest absolute Gasteiger partial charge is 0.481 e. The minimum atomic E-state index is -1.07. The lowest BCUT2D eigenvalue weighted by atomic mass is 9.85. The summed E-state index contributed by atoms with van der Waals surface area (Å²) in [6.07, 6.45) is 0.793. The van der Waals surface area contributed by atoms with Gasteiger partial charge in [-0.05, 0) is 20.3 Å². The molecule has 2 saturated heterocycles. The summed E-state index contributed by atoms with van der Waals surface area (Å²) in [4.78, 5) is 25.6. The van der Waals surface area contributed by atoms with Crippen LogP contribution in [0.4, 0.5) is 4.79 Å². The topological polar surface area (TPSA) is 88.1 Å². The van der Waals surface area contributed by atoms with Gasteiger partial charge in [0.25, 0.3) is 0 Å². The van der Waals surface area contributed by atoms with Crippen LogP contribution in [0.25, 0.3) is 0 Å². The smallest absolute Gasteiger partial charge is 0.318 e. The first-order valence-electron chi connectivity index (χ1n) is 7.38. The average molecular weight is 300 g/mol. The number of nitrogens with one attached hydrogen (secondary N) is 1. The summed E-state index contributed by atoms with van der Waals surface area (Å²) in [6, 6.07) is -0.724. The van der Waals surface area contributed by atoms with E-state index < -0.39 is 17.4 Å². The molecular formula is C14H24N2O5. The third kappa shape index (κ3) is 3.13. The second-order valence-electron chi connectivity index (χ2n) is 6.10. The number of carbonyl (C=O) groups excluding carboxylic acids is 1. The lowest BCUT2D eigenvalue weighted by Crippen LogP contribution is -2.59. The van der Waals surface area contributed by atoms with Crippen molar-refractivity contribution in [3.8, 4) is 0 Å². The average Bonchev–Trinajstić information content (AvgIpc) is 2.81. The first-order chi connectivity index (χ1) is 9.88. The fourth-order valence-electron chi connectivity index (χ4n) is 2.75. The normalized spacial score (nSPS) is 36.5. The van der Waals surface area contributed by atoms with Crippen molar-refractivity contribution in [1.82, 2.24) is 10.2 Å². The van der Waals surface area contributed by atoms with Gasteiger partial charge in [0.2, 0.25) is 0 Å². The summed E-state index contributed by atoms with van der Waals surface area (Å²) in [5.41, 5.74) is -1.07. The number of aliphatic carboxylic acids is 1. The summed E-state index contributed by atoms with van der Waals surface area (Å²) >= 11 is 0. The highest BCUT2D eigenvalue weighted by Gasteiger charge is 2.48. The molecule has 0 aromatic rings. The predicted octanol–water partition coefficient (Wildman–Crippen LogP) is 0.685. The third-order valence-corrected chi connectivity index (χ3v) is 4.44. The van der Waals surface area contributed by atoms with Crippen LogP contribution in [-0.2, 0) is 14.3 Å². The van der Waals surface area contributed by atoms with Crippen molar-refractivity contribution in [2.45, 2.75) is 45.4 Å². The molecule has 4 atom stereocenters. The number of hydrogen-bond donors (Lipinski definition) is 2. The van der Waals surface area contributed by atoms with E-state index in [-0.39, 0.29) is 31.4 Å². The molecule has 0 radical (unpaired) electrons. The zero-order valence-corrected chi connectivity index (χ0v) is 12.8. The molecule has 0 aromatic carbocycles. The minimum Gasteiger partial charge on any atom is -0.481 e. The van der Waals surface area contributed by atoms with E-state index in [1.54, 1.807) is 11.8 Å². The molecule has 2 aliphatic rings. The zero-order chi connectivity index (χ0) is 15.6. The number of ether oxygens (including phenoxy) is 2. The van der Waals surface area contributed by atoms with E-state index in [4.69, 9.17) is 9.47 Å². The second-order valence-corrected chi connectivity index (χ2v) is 6.10. The molecule has 0 aromatic heterocycles. The van der Waals surface area contributed by atoms with Crippen molar-refractivity contribution in [1.29, 1.82) is 0 Å². The van der Waals surface area contributed by atoms with Crippen LogP contribution < -0.4 is 5.32 Å². The lowest BCUT2D eigenvalue weighted by Gasteiger charge is -2.39. The molecule has 0 spiro atoms. The van der Waals surface area contributed by atoms with E-state index in [2.05, 4.69) is 5.32 Å². The van der Waals surface area contributed by atoms with Gasteiger partial charge in [-0.2, -0.15) is 0 Å². The summed E-state index contributed by atoms with van der Waals surface area (Å²) in [6.45, 7) is 6.91. The van der Waals surface area contributed by atoms with Crippen molar-refractivity contribution >= 4 is 12.0 Å². The van der Waals surface area contributed by atoms with Crippen LogP contribution in [0.15, 0.2) is 0 Å². The van der Waals surface area contributed by atoms with Crippen LogP contribution in [-0.4, -0.2) is 66.6 Å². The standard InChI is InChI=1S/C14H24N2O5/c1-4-10-6-21-9(2)5-16(10)13(19)15-11-7-20-8-14(11,3)12(17)18/h9-11H,4-8H2,1-3H3,(H,15,19)(H,17,18). The maximum absolute atomic E-state index is 12.5. The van der Waals surface area contributed by atoms with E-state index >= 15 is 0 Å². The molecule has 4 unspecified atom stereocenters. The molecule has 120 valence electrons. The van der Waals surface area contributed by atoms with Gasteiger partial charge in [-0.1, -0.05) is 6.92 Å². The van der Waals surface area contributed by atoms with Gasteiger partial charge in [-0.25, -0.2) is 4.79 Å². The summed E-state index contributed by atoms with van der Waals surface area (Å²) in [5.74, 6) is -0.951. The van der Waals surface area contributed by atoms with Crippen LogP contribution in [0, 0.1) is 5.41 Å². The Morgan fingerprint density at radius 1 is 1.43 bits per heavy atom. The molecule has 2 amide bonds. The summed E-state index contributed by atoms with van der Waals surface area (Å²) in [5, 5.41) is 12.2. The fraction of sp³-hybridized carbons (Fsp3) is 0.857. The summed E-state index contributed by atoms with van der Waals surface area (Å²) < 4.78 is 10.8. The van der Waals surface area contributed by atoms with Gasteiger partial charge in [0.05, 0.1) is 38.0 Å². The van der Waals surface area contributed by atoms with Gasteiger partial charge in [0, 0.05) is 6.54 Å². The molecule has 21 heavy (non-hydrogen) atoms. The highest BCUT2D eigenvalue weighted by Crippen LogP contribution is 2.29. The number of hydrogen-bond acceptors (Lipinski definition) is 4. The van der Waals surface area contributed by atoms with Crippen molar-refractivity contribution < 1.29 is 24.2 Å². The Bertz CT molecular complexity index is 416. The highest BCUT2D eigenvalue weighted by atomic mass is 16.5. The number of carboxylic acids is 1. The molecule has 2 rings (SSSR count). The SMILES string of the molecule is CCC1COC(C)CN1C(=O)NC1COCC1(C)C(=O)O. The second kappa shape index (κ2) is 6.19. The van der Waals surface area contributed by atoms with E-state index in [9.17, 15) is 14.7 Å². The monoisotopic (exact) mass is 300 g/mol. The van der Waals surface area contributed by atoms with Gasteiger partial charge in [0.15, 0.2) is 0 Å². The Hall–Kier alpha value is -1.34. The van der Waals surface area contributed by atoms with E-state index in [0.29, 0.717) is 13.2 Å². The number of amides is 2. The van der Waals surface area contributed by atoms with Gasteiger partial charge in [-0.3, -0.25) is 4.79 Å². The number of carbonyl (C=O) groups is 2. The van der Waals surface area contributed by atoms with Crippen molar-refractivity contribution in [3.63, 3.8) is 0 Å². The minimum absolute atomic E-state index is 0.00997. The third-order valence-electron chi connectivity index (χ3n) is 4.44. The molecule has 0 aliphatic carbocycles. The van der Waals surface area contributed by atoms with Gasteiger partial charge >= 0.3 is 12.0 Å². The number of carboxylic acid groups (broad SMARTS) is 1. The Kier molecular flexibility index (Phi) is 4.73. The highest BCUT2D eigenvalue weighted by molar-refractivity contribution is 5.79. The number of rotatable bonds is 3. The Morgan fingerprint density at radius 2 is 2.14 bits per heavy atom. The van der Waals surface area contributed by atoms with Gasteiger partial charge in [-0.15, -0.1) is 0 Å². The quantitative estimate of drug-likeness (QED) is 0.800. The van der Waals surface area contributed by atoms with Crippen LogP contribution >= 0.6 is 0 Å². The van der Waals surface area contributed by atoms with E-state index in [1.165, 1.54) is 0 Å². The van der Waals surface area contributed by atoms with Crippen LogP contribution in [0.2, 0.25) is 0 Å². The first-order valence-corrected chi connectivity index (χ1v) is 7.38. The van der Waals surface area contributed by atoms with Crippen LogP contribution in [0.1, 0.15) is 27.2 Å². The van der Waals surface area contributed by atoms with Gasteiger partial charge in [0.1, 0.15) is 5.41 Å². The Balaban J connectivity index is 2.04. The maximum atomic E-state index is 12.5. The lowest BCUT2D eigenvalue weighted by molar-refractivity contribution is -0.148. The molecule has 0 bridgehead atoms. The molecule has 2 fully saturated rings.